The van der Waals surface area contributed by atoms with E-state index in [4.69, 9.17) is 4.74 Å². The van der Waals surface area contributed by atoms with Gasteiger partial charge >= 0.3 is 0 Å². The highest BCUT2D eigenvalue weighted by molar-refractivity contribution is 5.76. The van der Waals surface area contributed by atoms with E-state index in [1.54, 1.807) is 0 Å². The average Bonchev–Trinajstić information content (AvgIpc) is 2.18. The molecule has 1 rings (SSSR count). The van der Waals surface area contributed by atoms with E-state index in [1.165, 1.54) is 0 Å². The summed E-state index contributed by atoms with van der Waals surface area (Å²) in [4.78, 5) is 13.7. The summed E-state index contributed by atoms with van der Waals surface area (Å²) in [6.45, 7) is 8.66. The van der Waals surface area contributed by atoms with Crippen LogP contribution in [0.25, 0.3) is 0 Å². The van der Waals surface area contributed by atoms with Crippen LogP contribution in [0.15, 0.2) is 0 Å². The SMILES string of the molecule is CC(C)NC(=O)CCCN1CCOCC1.[HH]. The van der Waals surface area contributed by atoms with Crippen LogP contribution in [0.2, 0.25) is 0 Å². The first kappa shape index (κ1) is 12.5. The maximum absolute atomic E-state index is 11.3. The molecule has 0 bridgehead atoms. The van der Waals surface area contributed by atoms with Crippen LogP contribution in [0.1, 0.15) is 28.1 Å². The van der Waals surface area contributed by atoms with Crippen LogP contribution in [0, 0.1) is 0 Å². The lowest BCUT2D eigenvalue weighted by atomic mass is 10.2. The van der Waals surface area contributed by atoms with Crippen LogP contribution in [-0.4, -0.2) is 49.7 Å². The summed E-state index contributed by atoms with van der Waals surface area (Å²) in [7, 11) is 0. The smallest absolute Gasteiger partial charge is 0.220 e. The van der Waals surface area contributed by atoms with E-state index in [0.29, 0.717) is 6.42 Å². The third-order valence-electron chi connectivity index (χ3n) is 2.43. The van der Waals surface area contributed by atoms with Crippen LogP contribution >= 0.6 is 0 Å². The molecule has 0 aliphatic carbocycles. The number of carbonyl (C=O) groups is 1. The lowest BCUT2D eigenvalue weighted by Gasteiger charge is -2.26. The van der Waals surface area contributed by atoms with Gasteiger partial charge in [-0.25, -0.2) is 0 Å². The zero-order valence-corrected chi connectivity index (χ0v) is 9.79. The second kappa shape index (κ2) is 6.80. The minimum atomic E-state index is 0. The molecule has 1 fully saturated rings. The van der Waals surface area contributed by atoms with Crippen molar-refractivity contribution in [2.24, 2.45) is 0 Å². The highest BCUT2D eigenvalue weighted by Crippen LogP contribution is 2.00. The molecule has 0 aromatic carbocycles. The molecule has 1 aliphatic heterocycles. The Morgan fingerprint density at radius 1 is 1.47 bits per heavy atom. The van der Waals surface area contributed by atoms with Crippen molar-refractivity contribution in [3.8, 4) is 0 Å². The van der Waals surface area contributed by atoms with E-state index >= 15 is 0 Å². The molecule has 4 heteroatoms. The van der Waals surface area contributed by atoms with E-state index in [1.807, 2.05) is 13.8 Å². The number of rotatable bonds is 5. The van der Waals surface area contributed by atoms with Crippen LogP contribution in [-0.2, 0) is 9.53 Å². The molecule has 0 unspecified atom stereocenters. The van der Waals surface area contributed by atoms with Crippen LogP contribution in [0.5, 0.6) is 0 Å². The summed E-state index contributed by atoms with van der Waals surface area (Å²) in [5, 5.41) is 2.90. The van der Waals surface area contributed by atoms with Crippen molar-refractivity contribution in [1.82, 2.24) is 10.2 Å². The van der Waals surface area contributed by atoms with E-state index < -0.39 is 0 Å². The van der Waals surface area contributed by atoms with Gasteiger partial charge in [-0.05, 0) is 26.8 Å². The predicted molar refractivity (Wildman–Crippen MR) is 61.9 cm³/mol. The number of nitrogens with zero attached hydrogens (tertiary/aromatic N) is 1. The quantitative estimate of drug-likeness (QED) is 0.741. The van der Waals surface area contributed by atoms with Gasteiger partial charge < -0.3 is 10.1 Å². The largest absolute Gasteiger partial charge is 0.379 e. The van der Waals surface area contributed by atoms with E-state index in [9.17, 15) is 4.79 Å². The van der Waals surface area contributed by atoms with Gasteiger partial charge in [0.2, 0.25) is 5.91 Å². The Morgan fingerprint density at radius 2 is 2.13 bits per heavy atom. The number of hydrogen-bond acceptors (Lipinski definition) is 3. The molecule has 0 spiro atoms. The zero-order valence-electron chi connectivity index (χ0n) is 9.79. The Hall–Kier alpha value is -0.610. The Morgan fingerprint density at radius 3 is 2.73 bits per heavy atom. The third kappa shape index (κ3) is 5.74. The highest BCUT2D eigenvalue weighted by Gasteiger charge is 2.10. The number of nitrogens with one attached hydrogen (secondary N) is 1. The number of carbonyl (C=O) groups excluding carboxylic acids is 1. The average molecular weight is 216 g/mol. The highest BCUT2D eigenvalue weighted by atomic mass is 16.5. The Bertz CT molecular complexity index is 194. The van der Waals surface area contributed by atoms with E-state index in [0.717, 1.165) is 39.3 Å². The number of amides is 1. The second-order valence-electron chi connectivity index (χ2n) is 4.28. The summed E-state index contributed by atoms with van der Waals surface area (Å²) >= 11 is 0. The molecule has 1 aliphatic rings. The van der Waals surface area contributed by atoms with Gasteiger partial charge in [-0.3, -0.25) is 9.69 Å². The van der Waals surface area contributed by atoms with Gasteiger partial charge in [0, 0.05) is 27.0 Å². The van der Waals surface area contributed by atoms with Crippen molar-refractivity contribution < 1.29 is 11.0 Å². The summed E-state index contributed by atoms with van der Waals surface area (Å²) in [6.07, 6.45) is 1.58. The lowest BCUT2D eigenvalue weighted by molar-refractivity contribution is -0.121. The minimum Gasteiger partial charge on any atom is -0.379 e. The summed E-state index contributed by atoms with van der Waals surface area (Å²) in [5.74, 6) is 0.165. The van der Waals surface area contributed by atoms with Crippen molar-refractivity contribution in [1.29, 1.82) is 0 Å². The van der Waals surface area contributed by atoms with Crippen molar-refractivity contribution in [3.05, 3.63) is 0 Å². The molecule has 1 heterocycles. The van der Waals surface area contributed by atoms with Gasteiger partial charge in [0.05, 0.1) is 13.2 Å². The fourth-order valence-electron chi connectivity index (χ4n) is 1.68. The molecule has 0 atom stereocenters. The van der Waals surface area contributed by atoms with Gasteiger partial charge in [0.1, 0.15) is 0 Å². The number of morpholine rings is 1. The zero-order chi connectivity index (χ0) is 11.1. The summed E-state index contributed by atoms with van der Waals surface area (Å²) in [6, 6.07) is 0.251. The molecule has 90 valence electrons. The maximum atomic E-state index is 11.3. The molecule has 1 amide bonds. The molecule has 1 N–H and O–H groups in total. The molecule has 0 saturated carbocycles. The number of hydrogen-bond donors (Lipinski definition) is 1. The normalized spacial score (nSPS) is 18.1. The molecule has 0 aromatic rings. The molecular formula is C11H24N2O2. The lowest BCUT2D eigenvalue weighted by Crippen LogP contribution is -2.37. The minimum absolute atomic E-state index is 0. The topological polar surface area (TPSA) is 41.6 Å². The Labute approximate surface area is 93.5 Å². The molecule has 15 heavy (non-hydrogen) atoms. The molecular weight excluding hydrogens is 192 g/mol. The maximum Gasteiger partial charge on any atom is 0.220 e. The van der Waals surface area contributed by atoms with Crippen LogP contribution < -0.4 is 5.32 Å². The first-order chi connectivity index (χ1) is 7.18. The van der Waals surface area contributed by atoms with Crippen LogP contribution in [0.3, 0.4) is 0 Å². The van der Waals surface area contributed by atoms with E-state index in [-0.39, 0.29) is 13.4 Å². The monoisotopic (exact) mass is 216 g/mol. The van der Waals surface area contributed by atoms with Crippen molar-refractivity contribution >= 4 is 5.91 Å². The summed E-state index contributed by atoms with van der Waals surface area (Å²) < 4.78 is 5.26. The van der Waals surface area contributed by atoms with Crippen LogP contribution in [0.4, 0.5) is 0 Å². The first-order valence-electron chi connectivity index (χ1n) is 5.78. The van der Waals surface area contributed by atoms with E-state index in [2.05, 4.69) is 10.2 Å². The van der Waals surface area contributed by atoms with Gasteiger partial charge in [0.25, 0.3) is 0 Å². The van der Waals surface area contributed by atoms with Gasteiger partial charge in [-0.1, -0.05) is 0 Å². The Kier molecular flexibility index (Phi) is 5.65. The van der Waals surface area contributed by atoms with Crippen molar-refractivity contribution in [3.63, 3.8) is 0 Å². The van der Waals surface area contributed by atoms with Gasteiger partial charge in [0.15, 0.2) is 0 Å². The molecule has 0 aromatic heterocycles. The van der Waals surface area contributed by atoms with Gasteiger partial charge in [-0.15, -0.1) is 0 Å². The Balaban J connectivity index is 0.00000225. The van der Waals surface area contributed by atoms with Crippen molar-refractivity contribution in [2.45, 2.75) is 32.7 Å². The molecule has 4 nitrogen and oxygen atoms in total. The number of ether oxygens (including phenoxy) is 1. The van der Waals surface area contributed by atoms with Gasteiger partial charge in [-0.2, -0.15) is 0 Å². The second-order valence-corrected chi connectivity index (χ2v) is 4.28. The fraction of sp³-hybridized carbons (Fsp3) is 0.909. The molecule has 0 radical (unpaired) electrons. The molecule has 1 saturated heterocycles. The predicted octanol–water partition coefficient (Wildman–Crippen LogP) is 0.869. The third-order valence-corrected chi connectivity index (χ3v) is 2.43. The first-order valence-corrected chi connectivity index (χ1v) is 5.78. The standard InChI is InChI=1S/C11H22N2O2.H2/c1-10(2)12-11(14)4-3-5-13-6-8-15-9-7-13;/h10H,3-9H2,1-2H3,(H,12,14);1H. The fourth-order valence-corrected chi connectivity index (χ4v) is 1.68. The summed E-state index contributed by atoms with van der Waals surface area (Å²) in [5.41, 5.74) is 0. The van der Waals surface area contributed by atoms with Crippen molar-refractivity contribution in [2.75, 3.05) is 32.8 Å².